The quantitative estimate of drug-likeness (QED) is 0.832. The van der Waals surface area contributed by atoms with Crippen LogP contribution in [0.3, 0.4) is 0 Å². The molecule has 1 aromatic heterocycles. The molecular formula is C11H13NO2S2. The lowest BCUT2D eigenvalue weighted by molar-refractivity contribution is 0.589. The largest absolute Gasteiger partial charge is 0.280 e. The third-order valence-corrected chi connectivity index (χ3v) is 6.17. The van der Waals surface area contributed by atoms with Crippen LogP contribution in [0.2, 0.25) is 0 Å². The summed E-state index contributed by atoms with van der Waals surface area (Å²) in [4.78, 5) is 5.19. The Hall–Kier alpha value is -0.940. The molecule has 0 aliphatic carbocycles. The van der Waals surface area contributed by atoms with Gasteiger partial charge in [-0.2, -0.15) is 0 Å². The topological polar surface area (TPSA) is 46.5 Å². The molecule has 0 fully saturated rings. The maximum absolute atomic E-state index is 11.9. The lowest BCUT2D eigenvalue weighted by Gasteiger charge is -2.03. The molecule has 0 aromatic carbocycles. The Morgan fingerprint density at radius 3 is 2.69 bits per heavy atom. The van der Waals surface area contributed by atoms with Gasteiger partial charge in [-0.25, -0.2) is 8.42 Å². The number of allylic oxidation sites excluding steroid dienone is 1. The molecule has 0 bridgehead atoms. The van der Waals surface area contributed by atoms with Gasteiger partial charge in [0.2, 0.25) is 0 Å². The molecule has 3 nitrogen and oxygen atoms in total. The number of hydrogen-bond donors (Lipinski definition) is 0. The molecule has 0 radical (unpaired) electrons. The van der Waals surface area contributed by atoms with E-state index in [0.29, 0.717) is 10.8 Å². The molecule has 1 aliphatic rings. The molecule has 0 spiro atoms. The van der Waals surface area contributed by atoms with Gasteiger partial charge in [-0.15, -0.1) is 11.3 Å². The average molecular weight is 255 g/mol. The molecule has 0 saturated carbocycles. The monoisotopic (exact) mass is 255 g/mol. The fraction of sp³-hybridized carbons (Fsp3) is 0.364. The molecule has 0 N–H and O–H groups in total. The van der Waals surface area contributed by atoms with Crippen molar-refractivity contribution in [3.63, 3.8) is 0 Å². The van der Waals surface area contributed by atoms with Gasteiger partial charge in [-0.3, -0.25) is 4.99 Å². The van der Waals surface area contributed by atoms with Crippen LogP contribution in [0, 0.1) is 0 Å². The van der Waals surface area contributed by atoms with Gasteiger partial charge in [0.05, 0.1) is 22.4 Å². The Bertz CT molecular complexity index is 550. The summed E-state index contributed by atoms with van der Waals surface area (Å²) in [6.45, 7) is 4.09. The Morgan fingerprint density at radius 1 is 1.38 bits per heavy atom. The summed E-state index contributed by atoms with van der Waals surface area (Å²) in [6, 6.07) is 3.50. The second-order valence-corrected chi connectivity index (χ2v) is 7.66. The number of rotatable bonds is 3. The number of thiophene rings is 1. The molecule has 1 aromatic rings. The molecule has 1 aliphatic heterocycles. The van der Waals surface area contributed by atoms with Gasteiger partial charge in [0.15, 0.2) is 9.84 Å². The summed E-state index contributed by atoms with van der Waals surface area (Å²) in [5.41, 5.74) is 0.884. The molecule has 2 heterocycles. The van der Waals surface area contributed by atoms with Crippen LogP contribution >= 0.6 is 11.3 Å². The first-order valence-electron chi connectivity index (χ1n) is 5.07. The van der Waals surface area contributed by atoms with Crippen LogP contribution in [0.1, 0.15) is 18.7 Å². The van der Waals surface area contributed by atoms with Crippen LogP contribution in [0.15, 0.2) is 33.5 Å². The van der Waals surface area contributed by atoms with Gasteiger partial charge in [0.25, 0.3) is 0 Å². The van der Waals surface area contributed by atoms with E-state index in [-0.39, 0.29) is 5.25 Å². The zero-order chi connectivity index (χ0) is 11.8. The van der Waals surface area contributed by atoms with Crippen molar-refractivity contribution in [1.29, 1.82) is 0 Å². The first kappa shape index (κ1) is 11.5. The van der Waals surface area contributed by atoms with Crippen molar-refractivity contribution in [2.45, 2.75) is 23.3 Å². The van der Waals surface area contributed by atoms with E-state index < -0.39 is 9.84 Å². The van der Waals surface area contributed by atoms with Crippen molar-refractivity contribution in [3.8, 4) is 0 Å². The van der Waals surface area contributed by atoms with Crippen LogP contribution < -0.4 is 0 Å². The normalized spacial score (nSPS) is 15.8. The van der Waals surface area contributed by atoms with E-state index in [2.05, 4.69) is 4.99 Å². The van der Waals surface area contributed by atoms with E-state index in [1.807, 2.05) is 18.2 Å². The third-order valence-electron chi connectivity index (χ3n) is 2.38. The molecule has 0 unspecified atom stereocenters. The Kier molecular flexibility index (Phi) is 2.99. The Morgan fingerprint density at radius 2 is 2.12 bits per heavy atom. The summed E-state index contributed by atoms with van der Waals surface area (Å²) in [5, 5.41) is -0.375. The summed E-state index contributed by atoms with van der Waals surface area (Å²) >= 11 is 1.30. The summed E-state index contributed by atoms with van der Waals surface area (Å²) in [7, 11) is -3.15. The average Bonchev–Trinajstić information content (AvgIpc) is 2.88. The van der Waals surface area contributed by atoms with Crippen LogP contribution in [0.25, 0.3) is 0 Å². The minimum absolute atomic E-state index is 0.375. The first-order chi connectivity index (χ1) is 7.51. The summed E-state index contributed by atoms with van der Waals surface area (Å²) < 4.78 is 24.3. The second kappa shape index (κ2) is 4.14. The Balaban J connectivity index is 2.37. The van der Waals surface area contributed by atoms with Crippen LogP contribution in [0.5, 0.6) is 0 Å². The molecule has 2 rings (SSSR count). The van der Waals surface area contributed by atoms with E-state index in [1.165, 1.54) is 11.3 Å². The number of aliphatic imine (C=N–C) groups is 1. The Labute approximate surface area is 99.5 Å². The molecule has 5 heteroatoms. The minimum atomic E-state index is -3.15. The first-order valence-corrected chi connectivity index (χ1v) is 7.43. The van der Waals surface area contributed by atoms with Crippen LogP contribution in [-0.2, 0) is 9.84 Å². The number of sulfone groups is 1. The fourth-order valence-electron chi connectivity index (χ4n) is 1.37. The van der Waals surface area contributed by atoms with Crippen molar-refractivity contribution >= 4 is 26.9 Å². The molecule has 0 amide bonds. The van der Waals surface area contributed by atoms with E-state index in [1.54, 1.807) is 19.9 Å². The van der Waals surface area contributed by atoms with E-state index in [4.69, 9.17) is 0 Å². The predicted octanol–water partition coefficient (Wildman–Crippen LogP) is 2.29. The van der Waals surface area contributed by atoms with Gasteiger partial charge in [0, 0.05) is 0 Å². The van der Waals surface area contributed by atoms with Crippen LogP contribution in [0.4, 0.5) is 0 Å². The van der Waals surface area contributed by atoms with Gasteiger partial charge in [-0.05, 0) is 32.1 Å². The highest BCUT2D eigenvalue weighted by Crippen LogP contribution is 2.26. The highest BCUT2D eigenvalue weighted by molar-refractivity contribution is 7.94. The highest BCUT2D eigenvalue weighted by Gasteiger charge is 2.22. The second-order valence-electron chi connectivity index (χ2n) is 3.84. The maximum atomic E-state index is 11.9. The smallest absolute Gasteiger partial charge is 0.190 e. The highest BCUT2D eigenvalue weighted by atomic mass is 32.2. The van der Waals surface area contributed by atoms with Crippen LogP contribution in [-0.4, -0.2) is 25.9 Å². The van der Waals surface area contributed by atoms with Crippen molar-refractivity contribution in [2.75, 3.05) is 6.54 Å². The number of nitrogens with zero attached hydrogens (tertiary/aromatic N) is 1. The predicted molar refractivity (Wildman–Crippen MR) is 67.2 cm³/mol. The molecule has 0 saturated heterocycles. The fourth-order valence-corrected chi connectivity index (χ4v) is 4.13. The standard InChI is InChI=1S/C11H13NO2S2/c1-8(2)16(13,14)11-6-5-10(15-11)9-4-3-7-12-9/h3-6,8H,7H2,1-2H3. The molecule has 86 valence electrons. The van der Waals surface area contributed by atoms with E-state index in [0.717, 1.165) is 10.6 Å². The van der Waals surface area contributed by atoms with Gasteiger partial charge in [-0.1, -0.05) is 6.08 Å². The van der Waals surface area contributed by atoms with E-state index >= 15 is 0 Å². The van der Waals surface area contributed by atoms with Crippen molar-refractivity contribution in [2.24, 2.45) is 4.99 Å². The molecular weight excluding hydrogens is 242 g/mol. The van der Waals surface area contributed by atoms with Crippen molar-refractivity contribution in [1.82, 2.24) is 0 Å². The summed E-state index contributed by atoms with van der Waals surface area (Å²) in [5.74, 6) is 0. The van der Waals surface area contributed by atoms with Gasteiger partial charge in [0.1, 0.15) is 4.21 Å². The lowest BCUT2D eigenvalue weighted by atomic mass is 10.3. The lowest BCUT2D eigenvalue weighted by Crippen LogP contribution is -2.12. The van der Waals surface area contributed by atoms with Gasteiger partial charge < -0.3 is 0 Å². The minimum Gasteiger partial charge on any atom is -0.280 e. The summed E-state index contributed by atoms with van der Waals surface area (Å²) in [6.07, 6.45) is 3.89. The molecule has 0 atom stereocenters. The SMILES string of the molecule is CC(C)S(=O)(=O)c1ccc(C2=NCC=C2)s1. The van der Waals surface area contributed by atoms with Crippen molar-refractivity contribution < 1.29 is 8.42 Å². The zero-order valence-corrected chi connectivity index (χ0v) is 10.8. The third kappa shape index (κ3) is 1.97. The molecule has 16 heavy (non-hydrogen) atoms. The maximum Gasteiger partial charge on any atom is 0.190 e. The number of hydrogen-bond acceptors (Lipinski definition) is 4. The zero-order valence-electron chi connectivity index (χ0n) is 9.17. The van der Waals surface area contributed by atoms with Crippen molar-refractivity contribution in [3.05, 3.63) is 29.2 Å². The van der Waals surface area contributed by atoms with E-state index in [9.17, 15) is 8.42 Å². The van der Waals surface area contributed by atoms with Gasteiger partial charge >= 0.3 is 0 Å².